The van der Waals surface area contributed by atoms with E-state index in [-0.39, 0.29) is 0 Å². The molecule has 0 N–H and O–H groups in total. The van der Waals surface area contributed by atoms with E-state index in [9.17, 15) is 0 Å². The van der Waals surface area contributed by atoms with Crippen LogP contribution in [0.5, 0.6) is 0 Å². The van der Waals surface area contributed by atoms with Crippen LogP contribution in [0, 0.1) is 0 Å². The maximum absolute atomic E-state index is 5.18. The fraction of sp³-hybridized carbons (Fsp3) is 0.778. The van der Waals surface area contributed by atoms with Gasteiger partial charge in [0.2, 0.25) is 0 Å². The quantitative estimate of drug-likeness (QED) is 0.409. The van der Waals surface area contributed by atoms with Crippen molar-refractivity contribution in [3.63, 3.8) is 0 Å². The summed E-state index contributed by atoms with van der Waals surface area (Å²) in [5, 5.41) is 0. The molecular weight excluding hydrogens is 124 g/mol. The highest BCUT2D eigenvalue weighted by atomic mass is 16.5. The van der Waals surface area contributed by atoms with Crippen LogP contribution in [-0.2, 0) is 4.74 Å². The summed E-state index contributed by atoms with van der Waals surface area (Å²) in [5.41, 5.74) is 0. The van der Waals surface area contributed by atoms with E-state index in [1.807, 2.05) is 6.92 Å². The van der Waals surface area contributed by atoms with Gasteiger partial charge in [0.25, 0.3) is 0 Å². The molecule has 0 amide bonds. The Labute approximate surface area is 64.1 Å². The Balaban J connectivity index is 2.83. The molecule has 0 unspecified atom stereocenters. The fourth-order valence-electron chi connectivity index (χ4n) is 0.732. The van der Waals surface area contributed by atoms with Crippen LogP contribution < -0.4 is 0 Å². The summed E-state index contributed by atoms with van der Waals surface area (Å²) < 4.78 is 5.18. The Kier molecular flexibility index (Phi) is 8.44. The molecule has 0 bridgehead atoms. The Morgan fingerprint density at radius 2 is 2.00 bits per heavy atom. The van der Waals surface area contributed by atoms with E-state index in [1.165, 1.54) is 0 Å². The highest BCUT2D eigenvalue weighted by molar-refractivity contribution is 4.79. The molecule has 10 heavy (non-hydrogen) atoms. The van der Waals surface area contributed by atoms with Gasteiger partial charge in [0.05, 0.1) is 0 Å². The first kappa shape index (κ1) is 9.70. The van der Waals surface area contributed by atoms with E-state index in [0.29, 0.717) is 0 Å². The van der Waals surface area contributed by atoms with Crippen molar-refractivity contribution in [2.24, 2.45) is 0 Å². The molecule has 0 saturated heterocycles. The summed E-state index contributed by atoms with van der Waals surface area (Å²) in [6.45, 7) is 5.93. The number of unbranched alkanes of at least 4 members (excludes halogenated alkanes) is 1. The number of rotatable bonds is 6. The lowest BCUT2D eigenvalue weighted by atomic mass is 10.3. The molecule has 0 aliphatic heterocycles. The summed E-state index contributed by atoms with van der Waals surface area (Å²) in [5.74, 6) is 0. The minimum absolute atomic E-state index is 0.845. The number of hydrogen-bond donors (Lipinski definition) is 0. The monoisotopic (exact) mass is 142 g/mol. The number of ether oxygens (including phenoxy) is 1. The molecule has 0 spiro atoms. The molecule has 1 heteroatoms. The van der Waals surface area contributed by atoms with Crippen LogP contribution in [0.2, 0.25) is 0 Å². The Bertz CT molecular complexity index is 76.8. The maximum Gasteiger partial charge on any atom is 0.0468 e. The Morgan fingerprint density at radius 3 is 2.60 bits per heavy atom. The van der Waals surface area contributed by atoms with Crippen LogP contribution in [0.15, 0.2) is 12.2 Å². The summed E-state index contributed by atoms with van der Waals surface area (Å²) >= 11 is 0. The second kappa shape index (κ2) is 8.70. The first-order valence-electron chi connectivity index (χ1n) is 4.14. The van der Waals surface area contributed by atoms with E-state index < -0.39 is 0 Å². The predicted octanol–water partition coefficient (Wildman–Crippen LogP) is 2.77. The minimum Gasteiger partial charge on any atom is -0.382 e. The largest absolute Gasteiger partial charge is 0.382 e. The topological polar surface area (TPSA) is 9.23 Å². The van der Waals surface area contributed by atoms with Crippen molar-refractivity contribution in [3.05, 3.63) is 12.2 Å². The zero-order valence-electron chi connectivity index (χ0n) is 7.10. The molecule has 0 rings (SSSR count). The third kappa shape index (κ3) is 7.70. The molecule has 0 atom stereocenters. The lowest BCUT2D eigenvalue weighted by molar-refractivity contribution is 0.145. The molecule has 0 aliphatic rings. The highest BCUT2D eigenvalue weighted by Crippen LogP contribution is 1.92. The van der Waals surface area contributed by atoms with Gasteiger partial charge in [0.15, 0.2) is 0 Å². The standard InChI is InChI=1S/C9H18O/c1-3-5-6-7-8-9-10-4-2/h5-6H,3-4,7-9H2,1-2H3/b6-5-. The second-order valence-corrected chi connectivity index (χ2v) is 2.22. The second-order valence-electron chi connectivity index (χ2n) is 2.22. The maximum atomic E-state index is 5.18. The summed E-state index contributed by atoms with van der Waals surface area (Å²) in [4.78, 5) is 0. The Hall–Kier alpha value is -0.300. The van der Waals surface area contributed by atoms with Crippen LogP contribution in [0.4, 0.5) is 0 Å². The summed E-state index contributed by atoms with van der Waals surface area (Å²) in [7, 11) is 0. The molecule has 0 aromatic rings. The van der Waals surface area contributed by atoms with Crippen molar-refractivity contribution in [2.45, 2.75) is 33.1 Å². The van der Waals surface area contributed by atoms with Crippen molar-refractivity contribution in [2.75, 3.05) is 13.2 Å². The van der Waals surface area contributed by atoms with Crippen LogP contribution >= 0.6 is 0 Å². The van der Waals surface area contributed by atoms with Gasteiger partial charge in [0, 0.05) is 13.2 Å². The van der Waals surface area contributed by atoms with Crippen LogP contribution in [0.3, 0.4) is 0 Å². The molecule has 0 aliphatic carbocycles. The zero-order chi connectivity index (χ0) is 7.66. The van der Waals surface area contributed by atoms with Gasteiger partial charge in [-0.25, -0.2) is 0 Å². The molecule has 0 radical (unpaired) electrons. The molecule has 0 saturated carbocycles. The number of allylic oxidation sites excluding steroid dienone is 2. The third-order valence-corrected chi connectivity index (χ3v) is 1.27. The zero-order valence-corrected chi connectivity index (χ0v) is 7.10. The van der Waals surface area contributed by atoms with E-state index in [0.717, 1.165) is 32.5 Å². The van der Waals surface area contributed by atoms with Gasteiger partial charge in [-0.2, -0.15) is 0 Å². The molecule has 0 aromatic carbocycles. The van der Waals surface area contributed by atoms with Crippen molar-refractivity contribution in [1.82, 2.24) is 0 Å². The molecule has 0 fully saturated rings. The van der Waals surface area contributed by atoms with Gasteiger partial charge in [-0.1, -0.05) is 19.1 Å². The normalized spacial score (nSPS) is 11.0. The van der Waals surface area contributed by atoms with Gasteiger partial charge in [0.1, 0.15) is 0 Å². The van der Waals surface area contributed by atoms with Crippen LogP contribution in [0.1, 0.15) is 33.1 Å². The Morgan fingerprint density at radius 1 is 1.20 bits per heavy atom. The highest BCUT2D eigenvalue weighted by Gasteiger charge is 1.81. The van der Waals surface area contributed by atoms with Crippen molar-refractivity contribution >= 4 is 0 Å². The summed E-state index contributed by atoms with van der Waals surface area (Å²) in [6.07, 6.45) is 7.89. The van der Waals surface area contributed by atoms with Gasteiger partial charge >= 0.3 is 0 Å². The lowest BCUT2D eigenvalue weighted by Crippen LogP contribution is -1.91. The average Bonchev–Trinajstić information content (AvgIpc) is 1.97. The van der Waals surface area contributed by atoms with Crippen molar-refractivity contribution in [1.29, 1.82) is 0 Å². The van der Waals surface area contributed by atoms with E-state index >= 15 is 0 Å². The molecule has 0 heterocycles. The predicted molar refractivity (Wildman–Crippen MR) is 45.2 cm³/mol. The molecule has 0 aromatic heterocycles. The molecule has 1 nitrogen and oxygen atoms in total. The first-order chi connectivity index (χ1) is 4.91. The smallest absolute Gasteiger partial charge is 0.0468 e. The van der Waals surface area contributed by atoms with Crippen LogP contribution in [-0.4, -0.2) is 13.2 Å². The van der Waals surface area contributed by atoms with E-state index in [1.54, 1.807) is 0 Å². The first-order valence-corrected chi connectivity index (χ1v) is 4.14. The third-order valence-electron chi connectivity index (χ3n) is 1.27. The molecular formula is C9H18O. The number of hydrogen-bond acceptors (Lipinski definition) is 1. The van der Waals surface area contributed by atoms with E-state index in [2.05, 4.69) is 19.1 Å². The minimum atomic E-state index is 0.845. The van der Waals surface area contributed by atoms with Crippen molar-refractivity contribution in [3.8, 4) is 0 Å². The van der Waals surface area contributed by atoms with Gasteiger partial charge in [-0.3, -0.25) is 0 Å². The average molecular weight is 142 g/mol. The lowest BCUT2D eigenvalue weighted by Gasteiger charge is -1.96. The van der Waals surface area contributed by atoms with Gasteiger partial charge < -0.3 is 4.74 Å². The fourth-order valence-corrected chi connectivity index (χ4v) is 0.732. The van der Waals surface area contributed by atoms with E-state index in [4.69, 9.17) is 4.74 Å². The van der Waals surface area contributed by atoms with Gasteiger partial charge in [-0.15, -0.1) is 0 Å². The SMILES string of the molecule is CC/C=C\CCCOCC. The van der Waals surface area contributed by atoms with Crippen molar-refractivity contribution < 1.29 is 4.74 Å². The van der Waals surface area contributed by atoms with Gasteiger partial charge in [-0.05, 0) is 26.2 Å². The summed E-state index contributed by atoms with van der Waals surface area (Å²) in [6, 6.07) is 0. The van der Waals surface area contributed by atoms with Crippen LogP contribution in [0.25, 0.3) is 0 Å². The molecule has 60 valence electrons.